The lowest BCUT2D eigenvalue weighted by atomic mass is 10.2. The number of hydrogen-bond acceptors (Lipinski definition) is 2. The van der Waals surface area contributed by atoms with Gasteiger partial charge in [0.2, 0.25) is 0 Å². The summed E-state index contributed by atoms with van der Waals surface area (Å²) in [6.45, 7) is 0. The van der Waals surface area contributed by atoms with Crippen LogP contribution in [-0.2, 0) is 0 Å². The van der Waals surface area contributed by atoms with Gasteiger partial charge in [0, 0.05) is 6.21 Å². The number of nitrogens with zero attached hydrogens (tertiary/aromatic N) is 1. The van der Waals surface area contributed by atoms with Gasteiger partial charge in [0.1, 0.15) is 5.75 Å². The third-order valence-electron chi connectivity index (χ3n) is 2.47. The van der Waals surface area contributed by atoms with Crippen LogP contribution in [0.3, 0.4) is 0 Å². The van der Waals surface area contributed by atoms with E-state index in [1.54, 1.807) is 13.3 Å². The summed E-state index contributed by atoms with van der Waals surface area (Å²) in [5.74, 6) is 0.866. The van der Waals surface area contributed by atoms with Crippen LogP contribution in [0.25, 0.3) is 6.08 Å². The fourth-order valence-corrected chi connectivity index (χ4v) is 1.51. The molecule has 0 saturated carbocycles. The highest BCUT2D eigenvalue weighted by Gasteiger charge is 1.88. The van der Waals surface area contributed by atoms with Crippen molar-refractivity contribution in [2.75, 3.05) is 7.11 Å². The molecule has 0 fully saturated rings. The highest BCUT2D eigenvalue weighted by atomic mass is 16.5. The molecule has 0 saturated heterocycles. The molecule has 0 aromatic heterocycles. The first kappa shape index (κ1) is 12.1. The van der Waals surface area contributed by atoms with Gasteiger partial charge >= 0.3 is 0 Å². The number of allylic oxidation sites excluding steroid dienone is 1. The molecule has 0 unspecified atom stereocenters. The van der Waals surface area contributed by atoms with Gasteiger partial charge in [-0.25, -0.2) is 0 Å². The van der Waals surface area contributed by atoms with Crippen LogP contribution in [-0.4, -0.2) is 13.3 Å². The van der Waals surface area contributed by atoms with E-state index in [1.165, 1.54) is 0 Å². The fraction of sp³-hybridized carbons (Fsp3) is 0.0625. The summed E-state index contributed by atoms with van der Waals surface area (Å²) in [5.41, 5.74) is 2.08. The topological polar surface area (TPSA) is 21.6 Å². The summed E-state index contributed by atoms with van der Waals surface area (Å²) < 4.78 is 5.10. The Bertz CT molecular complexity index is 527. The second-order valence-electron chi connectivity index (χ2n) is 3.75. The number of rotatable bonds is 4. The zero-order valence-electron chi connectivity index (χ0n) is 10.3. The molecule has 0 aliphatic rings. The lowest BCUT2D eigenvalue weighted by molar-refractivity contribution is 0.415. The quantitative estimate of drug-likeness (QED) is 0.733. The average molecular weight is 237 g/mol. The minimum absolute atomic E-state index is 0.866. The smallest absolute Gasteiger partial charge is 0.118 e. The third kappa shape index (κ3) is 3.59. The number of ether oxygens (including phenoxy) is 1. The number of para-hydroxylation sites is 1. The molecular formula is C16H15NO. The first-order valence-corrected chi connectivity index (χ1v) is 5.78. The van der Waals surface area contributed by atoms with Crippen molar-refractivity contribution in [3.8, 4) is 5.75 Å². The molecule has 0 heterocycles. The molecule has 2 rings (SSSR count). The van der Waals surface area contributed by atoms with E-state index >= 15 is 0 Å². The Morgan fingerprint density at radius 3 is 2.33 bits per heavy atom. The molecule has 0 radical (unpaired) electrons. The van der Waals surface area contributed by atoms with Gasteiger partial charge in [0.15, 0.2) is 0 Å². The van der Waals surface area contributed by atoms with E-state index in [1.807, 2.05) is 66.7 Å². The predicted octanol–water partition coefficient (Wildman–Crippen LogP) is 4.11. The van der Waals surface area contributed by atoms with Gasteiger partial charge in [-0.3, -0.25) is 4.99 Å². The number of aliphatic imine (C=N–C) groups is 1. The van der Waals surface area contributed by atoms with Crippen molar-refractivity contribution in [2.45, 2.75) is 0 Å². The Labute approximate surface area is 107 Å². The standard InChI is InChI=1S/C16H15NO/c1-18-16-11-9-14(10-12-16)6-5-13-17-15-7-3-2-4-8-15/h2-13H,1H3. The highest BCUT2D eigenvalue weighted by Crippen LogP contribution is 2.12. The number of hydrogen-bond donors (Lipinski definition) is 0. The first-order valence-electron chi connectivity index (χ1n) is 5.78. The molecule has 0 atom stereocenters. The van der Waals surface area contributed by atoms with Crippen molar-refractivity contribution in [3.63, 3.8) is 0 Å². The van der Waals surface area contributed by atoms with Crippen LogP contribution in [0.5, 0.6) is 5.75 Å². The van der Waals surface area contributed by atoms with Crippen LogP contribution in [0.15, 0.2) is 65.7 Å². The second kappa shape index (κ2) is 6.40. The van der Waals surface area contributed by atoms with Crippen LogP contribution >= 0.6 is 0 Å². The lowest BCUT2D eigenvalue weighted by Crippen LogP contribution is -1.81. The molecule has 0 bridgehead atoms. The summed E-state index contributed by atoms with van der Waals surface area (Å²) in [5, 5.41) is 0. The minimum atomic E-state index is 0.866. The summed E-state index contributed by atoms with van der Waals surface area (Å²) in [4.78, 5) is 4.32. The number of benzene rings is 2. The van der Waals surface area contributed by atoms with Gasteiger partial charge in [0.05, 0.1) is 12.8 Å². The number of methoxy groups -OCH3 is 1. The van der Waals surface area contributed by atoms with Gasteiger partial charge in [-0.15, -0.1) is 0 Å². The van der Waals surface area contributed by atoms with Gasteiger partial charge in [-0.2, -0.15) is 0 Å². The van der Waals surface area contributed by atoms with Gasteiger partial charge in [-0.05, 0) is 35.9 Å². The molecule has 90 valence electrons. The Kier molecular flexibility index (Phi) is 4.31. The molecule has 0 N–H and O–H groups in total. The van der Waals surface area contributed by atoms with Crippen LogP contribution in [0.2, 0.25) is 0 Å². The molecule has 0 aliphatic heterocycles. The molecule has 18 heavy (non-hydrogen) atoms. The zero-order chi connectivity index (χ0) is 12.6. The monoisotopic (exact) mass is 237 g/mol. The maximum Gasteiger partial charge on any atom is 0.118 e. The van der Waals surface area contributed by atoms with Crippen LogP contribution in [0.4, 0.5) is 5.69 Å². The van der Waals surface area contributed by atoms with E-state index < -0.39 is 0 Å². The Morgan fingerprint density at radius 1 is 0.944 bits per heavy atom. The Hall–Kier alpha value is -2.35. The Balaban J connectivity index is 1.96. The minimum Gasteiger partial charge on any atom is -0.497 e. The van der Waals surface area contributed by atoms with E-state index in [4.69, 9.17) is 4.74 Å². The fourth-order valence-electron chi connectivity index (χ4n) is 1.51. The summed E-state index contributed by atoms with van der Waals surface area (Å²) >= 11 is 0. The molecule has 0 spiro atoms. The lowest BCUT2D eigenvalue weighted by Gasteiger charge is -1.98. The molecule has 2 nitrogen and oxygen atoms in total. The van der Waals surface area contributed by atoms with E-state index in [2.05, 4.69) is 4.99 Å². The van der Waals surface area contributed by atoms with Gasteiger partial charge < -0.3 is 4.74 Å². The van der Waals surface area contributed by atoms with Crippen LogP contribution < -0.4 is 4.74 Å². The summed E-state index contributed by atoms with van der Waals surface area (Å²) in [6, 6.07) is 17.8. The first-order chi connectivity index (χ1) is 8.88. The van der Waals surface area contributed by atoms with Crippen molar-refractivity contribution in [3.05, 3.63) is 66.2 Å². The van der Waals surface area contributed by atoms with Gasteiger partial charge in [-0.1, -0.05) is 36.4 Å². The van der Waals surface area contributed by atoms with Crippen molar-refractivity contribution in [1.82, 2.24) is 0 Å². The average Bonchev–Trinajstić information content (AvgIpc) is 2.45. The highest BCUT2D eigenvalue weighted by molar-refractivity contribution is 5.80. The van der Waals surface area contributed by atoms with Crippen molar-refractivity contribution in [1.29, 1.82) is 0 Å². The van der Waals surface area contributed by atoms with Crippen molar-refractivity contribution >= 4 is 18.0 Å². The SMILES string of the molecule is COc1ccc(C=CC=Nc2ccccc2)cc1. The normalized spacial score (nSPS) is 11.2. The van der Waals surface area contributed by atoms with E-state index in [0.717, 1.165) is 17.0 Å². The van der Waals surface area contributed by atoms with Crippen LogP contribution in [0.1, 0.15) is 5.56 Å². The molecule has 0 amide bonds. The maximum atomic E-state index is 5.10. The van der Waals surface area contributed by atoms with E-state index in [9.17, 15) is 0 Å². The van der Waals surface area contributed by atoms with Crippen molar-refractivity contribution in [2.24, 2.45) is 4.99 Å². The Morgan fingerprint density at radius 2 is 1.67 bits per heavy atom. The van der Waals surface area contributed by atoms with Crippen molar-refractivity contribution < 1.29 is 4.74 Å². The van der Waals surface area contributed by atoms with Gasteiger partial charge in [0.25, 0.3) is 0 Å². The molecule has 2 heteroatoms. The maximum absolute atomic E-state index is 5.10. The molecule has 0 aliphatic carbocycles. The molecule has 2 aromatic carbocycles. The third-order valence-corrected chi connectivity index (χ3v) is 2.47. The van der Waals surface area contributed by atoms with Crippen LogP contribution in [0, 0.1) is 0 Å². The zero-order valence-corrected chi connectivity index (χ0v) is 10.3. The predicted molar refractivity (Wildman–Crippen MR) is 76.6 cm³/mol. The van der Waals surface area contributed by atoms with E-state index in [-0.39, 0.29) is 0 Å². The second-order valence-corrected chi connectivity index (χ2v) is 3.75. The largest absolute Gasteiger partial charge is 0.497 e. The molecule has 2 aromatic rings. The summed E-state index contributed by atoms with van der Waals surface area (Å²) in [6.07, 6.45) is 5.72. The molecular weight excluding hydrogens is 222 g/mol. The van der Waals surface area contributed by atoms with E-state index in [0.29, 0.717) is 0 Å². The summed E-state index contributed by atoms with van der Waals surface area (Å²) in [7, 11) is 1.66.